The zero-order chi connectivity index (χ0) is 14.1. The molecule has 1 atom stereocenters. The van der Waals surface area contributed by atoms with Crippen molar-refractivity contribution >= 4 is 34.2 Å². The molecule has 0 fully saturated rings. The van der Waals surface area contributed by atoms with Crippen molar-refractivity contribution in [3.8, 4) is 0 Å². The molecule has 102 valence electrons. The number of nitrogens with one attached hydrogen (secondary N) is 1. The van der Waals surface area contributed by atoms with Crippen molar-refractivity contribution in [2.24, 2.45) is 0 Å². The molecule has 0 bridgehead atoms. The number of rotatable bonds is 8. The Bertz CT molecular complexity index is 344. The van der Waals surface area contributed by atoms with E-state index in [9.17, 15) is 14.4 Å². The van der Waals surface area contributed by atoms with Crippen LogP contribution in [0, 0.1) is 0 Å². The molecule has 2 amide bonds. The summed E-state index contributed by atoms with van der Waals surface area (Å²) in [4.78, 5) is 33.7. The van der Waals surface area contributed by atoms with E-state index in [4.69, 9.17) is 5.11 Å². The fourth-order valence-electron chi connectivity index (χ4n) is 1.16. The topological polar surface area (TPSA) is 86.7 Å². The molecule has 18 heavy (non-hydrogen) atoms. The normalized spacial score (nSPS) is 12.7. The van der Waals surface area contributed by atoms with Gasteiger partial charge in [-0.25, -0.2) is 4.79 Å². The van der Waals surface area contributed by atoms with E-state index in [1.165, 1.54) is 13.0 Å². The van der Waals surface area contributed by atoms with Gasteiger partial charge in [0, 0.05) is 25.8 Å². The molecule has 0 aliphatic rings. The van der Waals surface area contributed by atoms with E-state index in [0.29, 0.717) is 24.7 Å². The first-order valence-electron chi connectivity index (χ1n) is 5.32. The molecule has 0 aliphatic heterocycles. The summed E-state index contributed by atoms with van der Waals surface area (Å²) in [6, 6.07) is -1.04. The van der Waals surface area contributed by atoms with Gasteiger partial charge in [-0.1, -0.05) is 27.6 Å². The Kier molecular flexibility index (Phi) is 8.02. The molecule has 0 saturated heterocycles. The van der Waals surface area contributed by atoms with Crippen molar-refractivity contribution in [2.75, 3.05) is 18.9 Å². The molecule has 7 heteroatoms. The van der Waals surface area contributed by atoms with Crippen molar-refractivity contribution in [1.82, 2.24) is 10.2 Å². The van der Waals surface area contributed by atoms with Gasteiger partial charge >= 0.3 is 5.97 Å². The monoisotopic (exact) mass is 320 g/mol. The predicted octanol–water partition coefficient (Wildman–Crippen LogP) is 0.375. The number of carboxylic acids is 1. The Morgan fingerprint density at radius 3 is 2.50 bits per heavy atom. The summed E-state index contributed by atoms with van der Waals surface area (Å²) in [7, 11) is 1.67. The first-order chi connectivity index (χ1) is 8.42. The molecular formula is C11H17BrN2O4. The van der Waals surface area contributed by atoms with E-state index >= 15 is 0 Å². The first-order valence-corrected chi connectivity index (χ1v) is 6.44. The smallest absolute Gasteiger partial charge is 0.330 e. The Labute approximate surface area is 114 Å². The van der Waals surface area contributed by atoms with Crippen molar-refractivity contribution in [2.45, 2.75) is 19.4 Å². The van der Waals surface area contributed by atoms with Gasteiger partial charge in [-0.05, 0) is 6.42 Å². The number of alkyl halides is 1. The summed E-state index contributed by atoms with van der Waals surface area (Å²) in [6.45, 7) is 1.96. The van der Waals surface area contributed by atoms with Crippen LogP contribution in [0.15, 0.2) is 11.6 Å². The fourth-order valence-corrected chi connectivity index (χ4v) is 1.63. The highest BCUT2D eigenvalue weighted by Gasteiger charge is 2.14. The van der Waals surface area contributed by atoms with Gasteiger partial charge in [-0.2, -0.15) is 0 Å². The van der Waals surface area contributed by atoms with E-state index in [1.807, 2.05) is 0 Å². The van der Waals surface area contributed by atoms with Crippen LogP contribution in [0.3, 0.4) is 0 Å². The molecule has 0 radical (unpaired) electrons. The maximum atomic E-state index is 11.0. The van der Waals surface area contributed by atoms with Gasteiger partial charge in [0.1, 0.15) is 6.04 Å². The lowest BCUT2D eigenvalue weighted by Crippen LogP contribution is -2.34. The number of hydrogen-bond acceptors (Lipinski definition) is 3. The van der Waals surface area contributed by atoms with Gasteiger partial charge in [-0.15, -0.1) is 0 Å². The minimum Gasteiger partial charge on any atom is -0.479 e. The zero-order valence-electron chi connectivity index (χ0n) is 10.4. The quantitative estimate of drug-likeness (QED) is 0.384. The molecule has 0 rings (SSSR count). The van der Waals surface area contributed by atoms with Crippen molar-refractivity contribution in [3.05, 3.63) is 11.6 Å². The molecule has 0 aromatic heterocycles. The lowest BCUT2D eigenvalue weighted by molar-refractivity contribution is -0.139. The summed E-state index contributed by atoms with van der Waals surface area (Å²) in [5.41, 5.74) is 0.810. The number of carbonyl (C=O) groups is 3. The van der Waals surface area contributed by atoms with Gasteiger partial charge in [0.25, 0.3) is 0 Å². The molecule has 0 aromatic carbocycles. The van der Waals surface area contributed by atoms with E-state index in [-0.39, 0.29) is 5.91 Å². The summed E-state index contributed by atoms with van der Waals surface area (Å²) in [6.07, 6.45) is 2.37. The van der Waals surface area contributed by atoms with Crippen LogP contribution >= 0.6 is 15.9 Å². The lowest BCUT2D eigenvalue weighted by atomic mass is 10.1. The number of nitrogens with zero attached hydrogens (tertiary/aromatic N) is 1. The third-order valence-corrected chi connectivity index (χ3v) is 3.11. The van der Waals surface area contributed by atoms with Gasteiger partial charge in [0.15, 0.2) is 0 Å². The summed E-state index contributed by atoms with van der Waals surface area (Å²) >= 11 is 3.25. The van der Waals surface area contributed by atoms with Crippen molar-refractivity contribution in [1.29, 1.82) is 0 Å². The van der Waals surface area contributed by atoms with Crippen LogP contribution in [0.5, 0.6) is 0 Å². The van der Waals surface area contributed by atoms with E-state index < -0.39 is 12.0 Å². The summed E-state index contributed by atoms with van der Waals surface area (Å²) in [5.74, 6) is -1.18. The van der Waals surface area contributed by atoms with Crippen molar-refractivity contribution in [3.63, 3.8) is 0 Å². The minimum absolute atomic E-state index is 0.0512. The molecule has 0 aliphatic carbocycles. The largest absolute Gasteiger partial charge is 0.479 e. The minimum atomic E-state index is -1.12. The Morgan fingerprint density at radius 1 is 1.50 bits per heavy atom. The SMILES string of the molecule is CC(=O)N(C)CC/C(=C/C(NC=O)C(=O)O)CBr. The molecule has 2 N–H and O–H groups in total. The molecule has 6 nitrogen and oxygen atoms in total. The average molecular weight is 321 g/mol. The van der Waals surface area contributed by atoms with E-state index in [2.05, 4.69) is 21.2 Å². The van der Waals surface area contributed by atoms with Crippen LogP contribution in [0.1, 0.15) is 13.3 Å². The third-order valence-electron chi connectivity index (χ3n) is 2.39. The van der Waals surface area contributed by atoms with E-state index in [0.717, 1.165) is 5.57 Å². The van der Waals surface area contributed by atoms with Crippen LogP contribution < -0.4 is 5.32 Å². The lowest BCUT2D eigenvalue weighted by Gasteiger charge is -2.16. The highest BCUT2D eigenvalue weighted by atomic mass is 79.9. The van der Waals surface area contributed by atoms with Crippen LogP contribution in [0.2, 0.25) is 0 Å². The highest BCUT2D eigenvalue weighted by molar-refractivity contribution is 9.09. The van der Waals surface area contributed by atoms with Crippen LogP contribution in [-0.2, 0) is 14.4 Å². The van der Waals surface area contributed by atoms with Gasteiger partial charge in [0.05, 0.1) is 0 Å². The van der Waals surface area contributed by atoms with Gasteiger partial charge < -0.3 is 15.3 Å². The zero-order valence-corrected chi connectivity index (χ0v) is 11.9. The Hall–Kier alpha value is -1.37. The Morgan fingerprint density at radius 2 is 2.11 bits per heavy atom. The number of carboxylic acid groups (broad SMARTS) is 1. The molecule has 0 spiro atoms. The fraction of sp³-hybridized carbons (Fsp3) is 0.545. The number of carbonyl (C=O) groups excluding carboxylic acids is 2. The molecular weight excluding hydrogens is 304 g/mol. The second kappa shape index (κ2) is 8.68. The maximum Gasteiger partial charge on any atom is 0.330 e. The number of amides is 2. The maximum absolute atomic E-state index is 11.0. The van der Waals surface area contributed by atoms with Crippen LogP contribution in [0.25, 0.3) is 0 Å². The number of hydrogen-bond donors (Lipinski definition) is 2. The van der Waals surface area contributed by atoms with Gasteiger partial charge in [0.2, 0.25) is 12.3 Å². The highest BCUT2D eigenvalue weighted by Crippen LogP contribution is 2.08. The van der Waals surface area contributed by atoms with Crippen molar-refractivity contribution < 1.29 is 19.5 Å². The second-order valence-corrected chi connectivity index (χ2v) is 4.31. The predicted molar refractivity (Wildman–Crippen MR) is 70.4 cm³/mol. The number of halogens is 1. The number of aliphatic carboxylic acids is 1. The molecule has 0 aromatic rings. The molecule has 1 unspecified atom stereocenters. The van der Waals surface area contributed by atoms with Crippen LogP contribution in [0.4, 0.5) is 0 Å². The molecule has 0 saturated carbocycles. The summed E-state index contributed by atoms with van der Waals surface area (Å²) in [5, 5.41) is 11.6. The van der Waals surface area contributed by atoms with Crippen LogP contribution in [-0.4, -0.2) is 53.3 Å². The Balaban J connectivity index is 4.58. The standard InChI is InChI=1S/C11H17BrN2O4/c1-8(16)14(2)4-3-9(6-12)5-10(11(17)18)13-7-15/h5,7,10H,3-4,6H2,1-2H3,(H,13,15)(H,17,18)/b9-5-. The first kappa shape index (κ1) is 16.6. The van der Waals surface area contributed by atoms with E-state index in [1.54, 1.807) is 11.9 Å². The third kappa shape index (κ3) is 6.39. The van der Waals surface area contributed by atoms with Gasteiger partial charge in [-0.3, -0.25) is 9.59 Å². The second-order valence-electron chi connectivity index (χ2n) is 3.75. The molecule has 0 heterocycles. The summed E-state index contributed by atoms with van der Waals surface area (Å²) < 4.78 is 0. The average Bonchev–Trinajstić information content (AvgIpc) is 2.32.